The molecular formula is C14H20BrNO3S. The topological polar surface area (TPSA) is 38.8 Å². The molecule has 112 valence electrons. The largest absolute Gasteiger partial charge is 0.444 e. The fourth-order valence-electron chi connectivity index (χ4n) is 2.10. The van der Waals surface area contributed by atoms with E-state index in [9.17, 15) is 4.79 Å². The van der Waals surface area contributed by atoms with Crippen LogP contribution < -0.4 is 0 Å². The van der Waals surface area contributed by atoms with Crippen molar-refractivity contribution in [3.63, 3.8) is 0 Å². The van der Waals surface area contributed by atoms with Gasteiger partial charge in [-0.25, -0.2) is 4.79 Å². The van der Waals surface area contributed by atoms with Gasteiger partial charge in [-0.1, -0.05) is 0 Å². The Morgan fingerprint density at radius 3 is 2.75 bits per heavy atom. The van der Waals surface area contributed by atoms with Gasteiger partial charge in [0, 0.05) is 11.4 Å². The first-order valence-electron chi connectivity index (χ1n) is 6.57. The van der Waals surface area contributed by atoms with E-state index >= 15 is 0 Å². The molecule has 0 saturated carbocycles. The number of rotatable bonds is 1. The Kier molecular flexibility index (Phi) is 4.47. The maximum atomic E-state index is 12.2. The molecule has 6 heteroatoms. The lowest BCUT2D eigenvalue weighted by atomic mass is 10.0. The Bertz CT molecular complexity index is 497. The molecule has 1 unspecified atom stereocenters. The van der Waals surface area contributed by atoms with Gasteiger partial charge in [0.05, 0.1) is 16.9 Å². The van der Waals surface area contributed by atoms with Crippen LogP contribution in [0.25, 0.3) is 0 Å². The molecule has 0 bridgehead atoms. The molecule has 0 aliphatic carbocycles. The minimum atomic E-state index is -0.474. The standard InChI is InChI=1S/C14H20BrNO3S/c1-13(2,3)19-12(17)16-7-8-18-14(4,9-16)10-5-6-11(15)20-10/h5-6H,7-9H2,1-4H3. The molecule has 1 aliphatic heterocycles. The summed E-state index contributed by atoms with van der Waals surface area (Å²) in [7, 11) is 0. The molecule has 0 radical (unpaired) electrons. The van der Waals surface area contributed by atoms with E-state index in [4.69, 9.17) is 9.47 Å². The Labute approximate surface area is 132 Å². The number of morpholine rings is 1. The van der Waals surface area contributed by atoms with E-state index in [2.05, 4.69) is 15.9 Å². The van der Waals surface area contributed by atoms with Gasteiger partial charge in [0.25, 0.3) is 0 Å². The third-order valence-corrected chi connectivity index (χ3v) is 4.89. The van der Waals surface area contributed by atoms with Gasteiger partial charge in [-0.2, -0.15) is 0 Å². The van der Waals surface area contributed by atoms with Gasteiger partial charge in [0.15, 0.2) is 0 Å². The highest BCUT2D eigenvalue weighted by Gasteiger charge is 2.38. The van der Waals surface area contributed by atoms with E-state index in [0.717, 1.165) is 8.66 Å². The van der Waals surface area contributed by atoms with Gasteiger partial charge in [-0.05, 0) is 55.8 Å². The van der Waals surface area contributed by atoms with Crippen LogP contribution in [0.1, 0.15) is 32.6 Å². The summed E-state index contributed by atoms with van der Waals surface area (Å²) in [5.41, 5.74) is -0.941. The Balaban J connectivity index is 2.10. The Hall–Kier alpha value is -0.590. The van der Waals surface area contributed by atoms with Crippen molar-refractivity contribution in [2.24, 2.45) is 0 Å². The molecule has 0 spiro atoms. The van der Waals surface area contributed by atoms with Crippen molar-refractivity contribution < 1.29 is 14.3 Å². The van der Waals surface area contributed by atoms with Crippen molar-refractivity contribution >= 4 is 33.4 Å². The van der Waals surface area contributed by atoms with E-state index in [-0.39, 0.29) is 6.09 Å². The normalized spacial score (nSPS) is 23.8. The van der Waals surface area contributed by atoms with Crippen LogP contribution in [0.4, 0.5) is 4.79 Å². The number of amides is 1. The maximum absolute atomic E-state index is 12.2. The Morgan fingerprint density at radius 1 is 1.50 bits per heavy atom. The SMILES string of the molecule is CC(C)(C)OC(=O)N1CCOC(C)(c2ccc(Br)s2)C1. The highest BCUT2D eigenvalue weighted by molar-refractivity contribution is 9.11. The molecule has 1 fully saturated rings. The summed E-state index contributed by atoms with van der Waals surface area (Å²) in [4.78, 5) is 15.0. The van der Waals surface area contributed by atoms with Gasteiger partial charge >= 0.3 is 6.09 Å². The molecular weight excluding hydrogens is 342 g/mol. The minimum Gasteiger partial charge on any atom is -0.444 e. The van der Waals surface area contributed by atoms with Crippen LogP contribution in [-0.4, -0.2) is 36.3 Å². The van der Waals surface area contributed by atoms with E-state index < -0.39 is 11.2 Å². The first kappa shape index (κ1) is 15.8. The summed E-state index contributed by atoms with van der Waals surface area (Å²) in [6, 6.07) is 4.04. The molecule has 1 aliphatic rings. The monoisotopic (exact) mass is 361 g/mol. The number of hydrogen-bond acceptors (Lipinski definition) is 4. The van der Waals surface area contributed by atoms with E-state index in [1.165, 1.54) is 0 Å². The fraction of sp³-hybridized carbons (Fsp3) is 0.643. The zero-order chi connectivity index (χ0) is 15.0. The summed E-state index contributed by atoms with van der Waals surface area (Å²) in [5.74, 6) is 0. The number of thiophene rings is 1. The van der Waals surface area contributed by atoms with Crippen LogP contribution in [-0.2, 0) is 15.1 Å². The summed E-state index contributed by atoms with van der Waals surface area (Å²) in [6.45, 7) is 9.24. The molecule has 0 N–H and O–H groups in total. The Morgan fingerprint density at radius 2 is 2.20 bits per heavy atom. The average molecular weight is 362 g/mol. The second-order valence-corrected chi connectivity index (χ2v) is 8.55. The summed E-state index contributed by atoms with van der Waals surface area (Å²) < 4.78 is 12.4. The third-order valence-electron chi connectivity index (χ3n) is 3.02. The molecule has 1 aromatic rings. The smallest absolute Gasteiger partial charge is 0.410 e. The van der Waals surface area contributed by atoms with Crippen LogP contribution in [0.2, 0.25) is 0 Å². The highest BCUT2D eigenvalue weighted by atomic mass is 79.9. The van der Waals surface area contributed by atoms with E-state index in [0.29, 0.717) is 19.7 Å². The molecule has 1 atom stereocenters. The average Bonchev–Trinajstić information content (AvgIpc) is 2.74. The number of carbonyl (C=O) groups is 1. The molecule has 1 aromatic heterocycles. The third kappa shape index (κ3) is 3.74. The lowest BCUT2D eigenvalue weighted by molar-refractivity contribution is -0.101. The van der Waals surface area contributed by atoms with Gasteiger partial charge in [0.2, 0.25) is 0 Å². The quantitative estimate of drug-likeness (QED) is 0.758. The summed E-state index contributed by atoms with van der Waals surface area (Å²) in [5, 5.41) is 0. The zero-order valence-electron chi connectivity index (χ0n) is 12.2. The molecule has 4 nitrogen and oxygen atoms in total. The lowest BCUT2D eigenvalue weighted by Crippen LogP contribution is -2.51. The molecule has 2 heterocycles. The van der Waals surface area contributed by atoms with Crippen LogP contribution in [0.15, 0.2) is 15.9 Å². The molecule has 1 amide bonds. The number of halogens is 1. The number of ether oxygens (including phenoxy) is 2. The van der Waals surface area contributed by atoms with Crippen LogP contribution in [0.3, 0.4) is 0 Å². The number of hydrogen-bond donors (Lipinski definition) is 0. The van der Waals surface area contributed by atoms with Crippen LogP contribution in [0, 0.1) is 0 Å². The summed E-state index contributed by atoms with van der Waals surface area (Å²) in [6.07, 6.45) is -0.275. The van der Waals surface area contributed by atoms with Crippen molar-refractivity contribution in [3.8, 4) is 0 Å². The van der Waals surface area contributed by atoms with Crippen molar-refractivity contribution in [2.45, 2.75) is 38.9 Å². The molecule has 0 aromatic carbocycles. The van der Waals surface area contributed by atoms with Gasteiger partial charge in [0.1, 0.15) is 11.2 Å². The van der Waals surface area contributed by atoms with Gasteiger partial charge in [-0.15, -0.1) is 11.3 Å². The molecule has 1 saturated heterocycles. The van der Waals surface area contributed by atoms with Crippen LogP contribution in [0.5, 0.6) is 0 Å². The lowest BCUT2D eigenvalue weighted by Gasteiger charge is -2.40. The van der Waals surface area contributed by atoms with Gasteiger partial charge < -0.3 is 14.4 Å². The molecule has 2 rings (SSSR count). The van der Waals surface area contributed by atoms with Crippen molar-refractivity contribution in [1.29, 1.82) is 0 Å². The second kappa shape index (κ2) is 5.66. The zero-order valence-corrected chi connectivity index (χ0v) is 14.6. The summed E-state index contributed by atoms with van der Waals surface area (Å²) >= 11 is 5.10. The fourth-order valence-corrected chi connectivity index (χ4v) is 3.58. The predicted octanol–water partition coefficient (Wildman–Crippen LogP) is 3.99. The van der Waals surface area contributed by atoms with Crippen molar-refractivity contribution in [3.05, 3.63) is 20.8 Å². The number of nitrogens with zero attached hydrogens (tertiary/aromatic N) is 1. The molecule has 20 heavy (non-hydrogen) atoms. The van der Waals surface area contributed by atoms with Crippen LogP contribution >= 0.6 is 27.3 Å². The van der Waals surface area contributed by atoms with E-state index in [1.807, 2.05) is 39.8 Å². The highest BCUT2D eigenvalue weighted by Crippen LogP contribution is 2.36. The second-order valence-electron chi connectivity index (χ2n) is 6.08. The maximum Gasteiger partial charge on any atom is 0.410 e. The number of carbonyl (C=O) groups excluding carboxylic acids is 1. The first-order valence-corrected chi connectivity index (χ1v) is 8.18. The van der Waals surface area contributed by atoms with Crippen molar-refractivity contribution in [2.75, 3.05) is 19.7 Å². The van der Waals surface area contributed by atoms with Gasteiger partial charge in [-0.3, -0.25) is 0 Å². The van der Waals surface area contributed by atoms with Crippen molar-refractivity contribution in [1.82, 2.24) is 4.90 Å². The van der Waals surface area contributed by atoms with E-state index in [1.54, 1.807) is 16.2 Å². The first-order chi connectivity index (χ1) is 9.20. The minimum absolute atomic E-state index is 0.275. The predicted molar refractivity (Wildman–Crippen MR) is 83.1 cm³/mol.